The summed E-state index contributed by atoms with van der Waals surface area (Å²) < 4.78 is 6.65. The molecule has 9 heavy (non-hydrogen) atoms. The Morgan fingerprint density at radius 3 is 2.56 bits per heavy atom. The molecule has 0 aliphatic heterocycles. The molecule has 1 aromatic rings. The number of nitrogens with zero attached hydrogens (tertiary/aromatic N) is 2. The van der Waals surface area contributed by atoms with Gasteiger partial charge in [-0.25, -0.2) is 0 Å². The molecular formula is C6H9N2O. The predicted octanol–water partition coefficient (Wildman–Crippen LogP) is 0.537. The van der Waals surface area contributed by atoms with Crippen LogP contribution in [0.4, 0.5) is 0 Å². The highest BCUT2D eigenvalue weighted by molar-refractivity contribution is 5.21. The van der Waals surface area contributed by atoms with Gasteiger partial charge in [0.1, 0.15) is 0 Å². The highest BCUT2D eigenvalue weighted by atomic mass is 16.5. The molecule has 0 N–H and O–H groups in total. The minimum absolute atomic E-state index is 0.720. The van der Waals surface area contributed by atoms with Gasteiger partial charge in [0, 0.05) is 7.05 Å². The minimum atomic E-state index is 0.720. The molecule has 0 aromatic carbocycles. The quantitative estimate of drug-likeness (QED) is 0.547. The van der Waals surface area contributed by atoms with Crippen molar-refractivity contribution < 1.29 is 4.74 Å². The standard InChI is InChI=1S/C6H9N2O/c1-5-6(9-3)4-7-8(5)2/h1-3H3. The summed E-state index contributed by atoms with van der Waals surface area (Å²) in [5.74, 6) is 0.720. The van der Waals surface area contributed by atoms with Gasteiger partial charge in [-0.1, -0.05) is 0 Å². The summed E-state index contributed by atoms with van der Waals surface area (Å²) in [7, 11) is 3.47. The number of rotatable bonds is 1. The first kappa shape index (κ1) is 6.13. The van der Waals surface area contributed by atoms with E-state index < -0.39 is 0 Å². The maximum Gasteiger partial charge on any atom is 0.169 e. The number of hydrogen-bond acceptors (Lipinski definition) is 2. The molecule has 1 heterocycles. The second kappa shape index (κ2) is 2.09. The SMILES string of the molecule is COc1[c]nn(C)c1C. The molecule has 0 bridgehead atoms. The van der Waals surface area contributed by atoms with Crippen LogP contribution in [0.1, 0.15) is 5.69 Å². The van der Waals surface area contributed by atoms with Crippen LogP contribution in [0.15, 0.2) is 0 Å². The van der Waals surface area contributed by atoms with Crippen molar-refractivity contribution in [3.05, 3.63) is 11.9 Å². The van der Waals surface area contributed by atoms with E-state index in [0.717, 1.165) is 11.4 Å². The van der Waals surface area contributed by atoms with E-state index in [-0.39, 0.29) is 0 Å². The van der Waals surface area contributed by atoms with Gasteiger partial charge in [0.25, 0.3) is 0 Å². The Morgan fingerprint density at radius 2 is 2.33 bits per heavy atom. The number of aryl methyl sites for hydroxylation is 1. The molecule has 0 saturated heterocycles. The average molecular weight is 125 g/mol. The molecule has 49 valence electrons. The number of methoxy groups -OCH3 is 1. The molecule has 0 amide bonds. The summed E-state index contributed by atoms with van der Waals surface area (Å²) >= 11 is 0. The molecule has 0 atom stereocenters. The first-order chi connectivity index (χ1) is 4.25. The van der Waals surface area contributed by atoms with Gasteiger partial charge in [0.2, 0.25) is 0 Å². The molecule has 3 nitrogen and oxygen atoms in total. The van der Waals surface area contributed by atoms with E-state index in [1.807, 2.05) is 14.0 Å². The lowest BCUT2D eigenvalue weighted by molar-refractivity contribution is 0.410. The molecule has 0 fully saturated rings. The van der Waals surface area contributed by atoms with Gasteiger partial charge in [-0.3, -0.25) is 4.68 Å². The zero-order valence-corrected chi connectivity index (χ0v) is 5.80. The van der Waals surface area contributed by atoms with Crippen molar-refractivity contribution in [2.75, 3.05) is 7.11 Å². The summed E-state index contributed by atoms with van der Waals surface area (Å²) in [5.41, 5.74) is 0.998. The molecule has 0 aliphatic rings. The molecule has 3 heteroatoms. The Kier molecular flexibility index (Phi) is 1.42. The average Bonchev–Trinajstić information content (AvgIpc) is 2.15. The van der Waals surface area contributed by atoms with Crippen LogP contribution in [-0.2, 0) is 7.05 Å². The molecular weight excluding hydrogens is 116 g/mol. The fourth-order valence-electron chi connectivity index (χ4n) is 0.617. The van der Waals surface area contributed by atoms with Crippen LogP contribution in [-0.4, -0.2) is 16.9 Å². The Balaban J connectivity index is 3.04. The Bertz CT molecular complexity index is 205. The molecule has 1 radical (unpaired) electrons. The van der Waals surface area contributed by atoms with E-state index >= 15 is 0 Å². The highest BCUT2D eigenvalue weighted by Gasteiger charge is 2.01. The van der Waals surface area contributed by atoms with Crippen LogP contribution < -0.4 is 4.74 Å². The fourth-order valence-corrected chi connectivity index (χ4v) is 0.617. The van der Waals surface area contributed by atoms with Gasteiger partial charge in [-0.15, -0.1) is 0 Å². The van der Waals surface area contributed by atoms with Crippen molar-refractivity contribution in [1.29, 1.82) is 0 Å². The topological polar surface area (TPSA) is 27.1 Å². The van der Waals surface area contributed by atoms with Crippen molar-refractivity contribution in [3.8, 4) is 5.75 Å². The lowest BCUT2D eigenvalue weighted by Crippen LogP contribution is -1.92. The van der Waals surface area contributed by atoms with Crippen molar-refractivity contribution in [1.82, 2.24) is 9.78 Å². The molecule has 0 aliphatic carbocycles. The van der Waals surface area contributed by atoms with E-state index in [9.17, 15) is 0 Å². The summed E-state index contributed by atoms with van der Waals surface area (Å²) in [6.45, 7) is 1.93. The van der Waals surface area contributed by atoms with E-state index in [2.05, 4.69) is 11.3 Å². The van der Waals surface area contributed by atoms with E-state index in [4.69, 9.17) is 4.74 Å². The molecule has 1 rings (SSSR count). The van der Waals surface area contributed by atoms with Crippen molar-refractivity contribution in [2.45, 2.75) is 6.92 Å². The molecule has 0 unspecified atom stereocenters. The normalized spacial score (nSPS) is 9.67. The maximum atomic E-state index is 4.93. The third-order valence-electron chi connectivity index (χ3n) is 1.32. The predicted molar refractivity (Wildman–Crippen MR) is 33.3 cm³/mol. The lowest BCUT2D eigenvalue weighted by Gasteiger charge is -1.95. The number of aromatic nitrogens is 2. The van der Waals surface area contributed by atoms with Crippen LogP contribution in [0.5, 0.6) is 5.75 Å². The van der Waals surface area contributed by atoms with Crippen LogP contribution in [0.3, 0.4) is 0 Å². The van der Waals surface area contributed by atoms with Gasteiger partial charge < -0.3 is 4.74 Å². The second-order valence-corrected chi connectivity index (χ2v) is 1.85. The summed E-state index contributed by atoms with van der Waals surface area (Å²) in [4.78, 5) is 0. The van der Waals surface area contributed by atoms with Crippen molar-refractivity contribution in [3.63, 3.8) is 0 Å². The highest BCUT2D eigenvalue weighted by Crippen LogP contribution is 2.12. The third-order valence-corrected chi connectivity index (χ3v) is 1.32. The van der Waals surface area contributed by atoms with Crippen LogP contribution in [0.2, 0.25) is 0 Å². The monoisotopic (exact) mass is 125 g/mol. The third kappa shape index (κ3) is 0.896. The van der Waals surface area contributed by atoms with Crippen LogP contribution >= 0.6 is 0 Å². The maximum absolute atomic E-state index is 4.93. The van der Waals surface area contributed by atoms with Gasteiger partial charge in [-0.2, -0.15) is 5.10 Å². The van der Waals surface area contributed by atoms with Gasteiger partial charge in [0.05, 0.1) is 12.8 Å². The smallest absolute Gasteiger partial charge is 0.169 e. The minimum Gasteiger partial charge on any atom is -0.492 e. The Hall–Kier alpha value is -0.990. The molecule has 1 aromatic heterocycles. The molecule has 0 spiro atoms. The van der Waals surface area contributed by atoms with Crippen LogP contribution in [0, 0.1) is 13.1 Å². The second-order valence-electron chi connectivity index (χ2n) is 1.85. The zero-order valence-electron chi connectivity index (χ0n) is 5.80. The Morgan fingerprint density at radius 1 is 1.67 bits per heavy atom. The Labute approximate surface area is 54.2 Å². The van der Waals surface area contributed by atoms with Gasteiger partial charge in [-0.05, 0) is 6.92 Å². The summed E-state index contributed by atoms with van der Waals surface area (Å²) in [5, 5.41) is 3.85. The van der Waals surface area contributed by atoms with Gasteiger partial charge in [0.15, 0.2) is 11.9 Å². The number of ether oxygens (including phenoxy) is 1. The zero-order chi connectivity index (χ0) is 6.85. The molecule has 0 saturated carbocycles. The van der Waals surface area contributed by atoms with Gasteiger partial charge >= 0.3 is 0 Å². The van der Waals surface area contributed by atoms with Crippen LogP contribution in [0.25, 0.3) is 0 Å². The van der Waals surface area contributed by atoms with E-state index in [0.29, 0.717) is 0 Å². The first-order valence-electron chi connectivity index (χ1n) is 2.71. The summed E-state index contributed by atoms with van der Waals surface area (Å²) in [6.07, 6.45) is 2.71. The fraction of sp³-hybridized carbons (Fsp3) is 0.500. The van der Waals surface area contributed by atoms with Crippen molar-refractivity contribution >= 4 is 0 Å². The summed E-state index contributed by atoms with van der Waals surface area (Å²) in [6, 6.07) is 0. The van der Waals surface area contributed by atoms with E-state index in [1.54, 1.807) is 11.8 Å². The van der Waals surface area contributed by atoms with E-state index in [1.165, 1.54) is 0 Å². The largest absolute Gasteiger partial charge is 0.492 e. The number of hydrogen-bond donors (Lipinski definition) is 0. The van der Waals surface area contributed by atoms with Crippen molar-refractivity contribution in [2.24, 2.45) is 7.05 Å². The first-order valence-corrected chi connectivity index (χ1v) is 2.71. The lowest BCUT2D eigenvalue weighted by atomic mass is 10.4.